The van der Waals surface area contributed by atoms with Gasteiger partial charge in [-0.3, -0.25) is 4.79 Å². The largest absolute Gasteiger partial charge is 0.394 e. The van der Waals surface area contributed by atoms with Crippen LogP contribution < -0.4 is 5.32 Å². The van der Waals surface area contributed by atoms with E-state index >= 15 is 0 Å². The number of unbranched alkanes of at least 4 members (excludes halogenated alkanes) is 37. The molecule has 0 aliphatic heterocycles. The van der Waals surface area contributed by atoms with Crippen molar-refractivity contribution < 1.29 is 15.0 Å². The number of amides is 1. The normalized spacial score (nSPS) is 13.2. The molecule has 3 N–H and O–H groups in total. The third-order valence-corrected chi connectivity index (χ3v) is 12.5. The molecule has 0 aliphatic carbocycles. The summed E-state index contributed by atoms with van der Waals surface area (Å²) in [6.07, 6.45) is 72.7. The van der Waals surface area contributed by atoms with Gasteiger partial charge in [0.25, 0.3) is 0 Å². The summed E-state index contributed by atoms with van der Waals surface area (Å²) in [5.74, 6) is -0.0716. The molecule has 0 aromatic heterocycles. The summed E-state index contributed by atoms with van der Waals surface area (Å²) < 4.78 is 0. The molecule has 358 valence electrons. The molecule has 0 heterocycles. The molecule has 0 spiro atoms. The minimum absolute atomic E-state index is 0.0716. The van der Waals surface area contributed by atoms with Gasteiger partial charge in [0.1, 0.15) is 0 Å². The highest BCUT2D eigenvalue weighted by Crippen LogP contribution is 2.16. The zero-order valence-corrected chi connectivity index (χ0v) is 41.2. The predicted molar refractivity (Wildman–Crippen MR) is 271 cm³/mol. The second kappa shape index (κ2) is 52.7. The van der Waals surface area contributed by atoms with Crippen LogP contribution in [-0.4, -0.2) is 34.9 Å². The van der Waals surface area contributed by atoms with Crippen molar-refractivity contribution >= 4 is 5.91 Å². The number of aliphatic hydroxyl groups is 2. The number of allylic oxidation sites excluding steroid dienone is 7. The average molecular weight is 854 g/mol. The number of nitrogens with one attached hydrogen (secondary N) is 1. The van der Waals surface area contributed by atoms with Gasteiger partial charge in [0.15, 0.2) is 0 Å². The number of rotatable bonds is 50. The lowest BCUT2D eigenvalue weighted by Crippen LogP contribution is -2.45. The van der Waals surface area contributed by atoms with Gasteiger partial charge in [-0.05, 0) is 64.2 Å². The van der Waals surface area contributed by atoms with Crippen molar-refractivity contribution in [3.63, 3.8) is 0 Å². The van der Waals surface area contributed by atoms with Crippen molar-refractivity contribution in [3.8, 4) is 0 Å². The maximum absolute atomic E-state index is 12.4. The first kappa shape index (κ1) is 59.4. The van der Waals surface area contributed by atoms with Gasteiger partial charge in [-0.25, -0.2) is 0 Å². The first-order valence-corrected chi connectivity index (χ1v) is 27.4. The van der Waals surface area contributed by atoms with Crippen LogP contribution in [0.4, 0.5) is 0 Å². The van der Waals surface area contributed by atoms with E-state index in [2.05, 4.69) is 55.6 Å². The molecule has 1 amide bonds. The summed E-state index contributed by atoms with van der Waals surface area (Å²) in [5, 5.41) is 23.1. The number of hydrogen-bond donors (Lipinski definition) is 3. The van der Waals surface area contributed by atoms with E-state index in [-0.39, 0.29) is 12.5 Å². The Morgan fingerprint density at radius 1 is 0.393 bits per heavy atom. The smallest absolute Gasteiger partial charge is 0.220 e. The van der Waals surface area contributed by atoms with Gasteiger partial charge >= 0.3 is 0 Å². The minimum Gasteiger partial charge on any atom is -0.394 e. The highest BCUT2D eigenvalue weighted by Gasteiger charge is 2.18. The van der Waals surface area contributed by atoms with Gasteiger partial charge in [0, 0.05) is 6.42 Å². The summed E-state index contributed by atoms with van der Waals surface area (Å²) in [4.78, 5) is 12.4. The Morgan fingerprint density at radius 3 is 1.05 bits per heavy atom. The van der Waals surface area contributed by atoms with E-state index in [0.29, 0.717) is 6.42 Å². The van der Waals surface area contributed by atoms with Gasteiger partial charge in [-0.1, -0.05) is 268 Å². The summed E-state index contributed by atoms with van der Waals surface area (Å²) in [7, 11) is 0. The lowest BCUT2D eigenvalue weighted by atomic mass is 10.0. The molecule has 2 unspecified atom stereocenters. The Bertz CT molecular complexity index is 970. The fourth-order valence-corrected chi connectivity index (χ4v) is 8.34. The van der Waals surface area contributed by atoms with Crippen LogP contribution in [0.3, 0.4) is 0 Å². The fourth-order valence-electron chi connectivity index (χ4n) is 8.34. The quantitative estimate of drug-likeness (QED) is 0.0422. The van der Waals surface area contributed by atoms with Gasteiger partial charge in [0.2, 0.25) is 5.91 Å². The number of aliphatic hydroxyl groups excluding tert-OH is 2. The van der Waals surface area contributed by atoms with E-state index < -0.39 is 12.1 Å². The number of carbonyl (C=O) groups is 1. The van der Waals surface area contributed by atoms with Gasteiger partial charge in [0.05, 0.1) is 18.8 Å². The minimum atomic E-state index is -0.862. The Hall–Kier alpha value is -1.65. The van der Waals surface area contributed by atoms with Crippen LogP contribution in [0.15, 0.2) is 48.6 Å². The van der Waals surface area contributed by atoms with E-state index in [1.165, 1.54) is 231 Å². The van der Waals surface area contributed by atoms with Crippen LogP contribution in [0.2, 0.25) is 0 Å². The third-order valence-electron chi connectivity index (χ3n) is 12.5. The van der Waals surface area contributed by atoms with E-state index in [1.54, 1.807) is 6.08 Å². The first-order valence-electron chi connectivity index (χ1n) is 27.4. The van der Waals surface area contributed by atoms with Gasteiger partial charge < -0.3 is 15.5 Å². The third kappa shape index (κ3) is 49.2. The Morgan fingerprint density at radius 2 is 0.689 bits per heavy atom. The maximum Gasteiger partial charge on any atom is 0.220 e. The van der Waals surface area contributed by atoms with E-state index in [0.717, 1.165) is 38.5 Å². The molecule has 4 heteroatoms. The van der Waals surface area contributed by atoms with Crippen molar-refractivity contribution in [1.29, 1.82) is 0 Å². The van der Waals surface area contributed by atoms with Crippen LogP contribution >= 0.6 is 0 Å². The molecule has 0 radical (unpaired) electrons. The Labute approximate surface area is 382 Å². The lowest BCUT2D eigenvalue weighted by Gasteiger charge is -2.19. The summed E-state index contributed by atoms with van der Waals surface area (Å²) in [6, 6.07) is -0.639. The first-order chi connectivity index (χ1) is 30.2. The number of carbonyl (C=O) groups excluding carboxylic acids is 1. The Kier molecular flexibility index (Phi) is 51.3. The Balaban J connectivity index is 3.51. The zero-order chi connectivity index (χ0) is 44.2. The van der Waals surface area contributed by atoms with Crippen LogP contribution in [-0.2, 0) is 4.79 Å². The topological polar surface area (TPSA) is 69.6 Å². The van der Waals surface area contributed by atoms with Crippen molar-refractivity contribution in [2.75, 3.05) is 6.61 Å². The molecular weight excluding hydrogens is 747 g/mol. The van der Waals surface area contributed by atoms with E-state index in [4.69, 9.17) is 0 Å². The molecule has 61 heavy (non-hydrogen) atoms. The second-order valence-corrected chi connectivity index (χ2v) is 18.6. The van der Waals surface area contributed by atoms with Crippen LogP contribution in [0, 0.1) is 0 Å². The van der Waals surface area contributed by atoms with Crippen LogP contribution in [0.5, 0.6) is 0 Å². The molecule has 0 saturated carbocycles. The lowest BCUT2D eigenvalue weighted by molar-refractivity contribution is -0.123. The molecule has 4 nitrogen and oxygen atoms in total. The fraction of sp³-hybridized carbons (Fsp3) is 0.842. The molecule has 0 saturated heterocycles. The highest BCUT2D eigenvalue weighted by atomic mass is 16.3. The van der Waals surface area contributed by atoms with Crippen molar-refractivity contribution in [1.82, 2.24) is 5.32 Å². The molecule has 0 fully saturated rings. The number of hydrogen-bond acceptors (Lipinski definition) is 3. The van der Waals surface area contributed by atoms with Crippen molar-refractivity contribution in [2.45, 2.75) is 302 Å². The molecule has 0 aliphatic rings. The predicted octanol–water partition coefficient (Wildman–Crippen LogP) is 17.9. The standard InChI is InChI=1S/C57H107NO3/c1-3-5-7-9-11-13-15-17-19-21-23-24-25-26-27-28-29-30-31-32-33-34-35-37-39-41-43-45-47-49-51-53-57(61)58-55(54-59)56(60)52-50-48-46-44-42-40-38-36-22-20-18-16-14-12-10-8-6-4-2/h23-24,26-27,42,44,50,52,55-56,59-60H,3-22,25,28-41,43,45-49,51,53-54H2,1-2H3,(H,58,61)/b24-23-,27-26-,44-42+,52-50+. The van der Waals surface area contributed by atoms with Gasteiger partial charge in [-0.2, -0.15) is 0 Å². The summed E-state index contributed by atoms with van der Waals surface area (Å²) >= 11 is 0. The van der Waals surface area contributed by atoms with E-state index in [9.17, 15) is 15.0 Å². The molecule has 0 rings (SSSR count). The molecule has 2 atom stereocenters. The molecular formula is C57H107NO3. The maximum atomic E-state index is 12.4. The summed E-state index contributed by atoms with van der Waals surface area (Å²) in [5.41, 5.74) is 0. The monoisotopic (exact) mass is 854 g/mol. The van der Waals surface area contributed by atoms with Crippen molar-refractivity contribution in [3.05, 3.63) is 48.6 Å². The van der Waals surface area contributed by atoms with Crippen LogP contribution in [0.25, 0.3) is 0 Å². The zero-order valence-electron chi connectivity index (χ0n) is 41.2. The van der Waals surface area contributed by atoms with Crippen LogP contribution in [0.1, 0.15) is 290 Å². The molecule has 0 aromatic rings. The second-order valence-electron chi connectivity index (χ2n) is 18.6. The van der Waals surface area contributed by atoms with E-state index in [1.807, 2.05) is 6.08 Å². The molecule has 0 bridgehead atoms. The SMILES string of the molecule is CCCCCCCCCCC/C=C\C/C=C\CCCCCCCCCCCCCCCCCC(=O)NC(CO)C(O)/C=C/CC/C=C/CCCCCCCCCCCCCC. The molecule has 0 aromatic carbocycles. The van der Waals surface area contributed by atoms with Gasteiger partial charge in [-0.15, -0.1) is 0 Å². The van der Waals surface area contributed by atoms with Crippen molar-refractivity contribution in [2.24, 2.45) is 0 Å². The highest BCUT2D eigenvalue weighted by molar-refractivity contribution is 5.76. The summed E-state index contributed by atoms with van der Waals surface area (Å²) in [6.45, 7) is 4.32. The average Bonchev–Trinajstić information content (AvgIpc) is 3.26.